The monoisotopic (exact) mass is 477 g/mol. The Kier molecular flexibility index (Phi) is 8.71. The number of carboxylic acids is 1. The van der Waals surface area contributed by atoms with Crippen LogP contribution < -0.4 is 15.8 Å². The average molecular weight is 478 g/mol. The molecule has 0 saturated carbocycles. The second-order valence-electron chi connectivity index (χ2n) is 8.99. The lowest BCUT2D eigenvalue weighted by molar-refractivity contribution is -0.145. The van der Waals surface area contributed by atoms with Crippen LogP contribution in [0.1, 0.15) is 44.4 Å². The predicted octanol–water partition coefficient (Wildman–Crippen LogP) is 4.36. The minimum Gasteiger partial charge on any atom is -0.488 e. The van der Waals surface area contributed by atoms with Gasteiger partial charge in [0.15, 0.2) is 5.54 Å². The van der Waals surface area contributed by atoms with Crippen LogP contribution in [0, 0.1) is 0 Å². The molecule has 7 nitrogen and oxygen atoms in total. The molecular weight excluding hydrogens is 442 g/mol. The number of unbranched alkanes of at least 4 members (excludes halogenated alkanes) is 1. The Labute approximate surface area is 206 Å². The van der Waals surface area contributed by atoms with Crippen molar-refractivity contribution >= 4 is 22.8 Å². The minimum atomic E-state index is -1.77. The van der Waals surface area contributed by atoms with Crippen LogP contribution in [-0.4, -0.2) is 39.7 Å². The number of nitrogens with one attached hydrogen (secondary N) is 2. The number of fused-ring (bicyclic) bond motifs is 1. The van der Waals surface area contributed by atoms with Gasteiger partial charge >= 0.3 is 5.97 Å². The molecule has 0 bridgehead atoms. The fourth-order valence-corrected chi connectivity index (χ4v) is 4.12. The summed E-state index contributed by atoms with van der Waals surface area (Å²) in [4.78, 5) is 28.8. The predicted molar refractivity (Wildman–Crippen MR) is 138 cm³/mol. The fraction of sp³-hybridized carbons (Fsp3) is 0.357. The number of aromatic amines is 1. The van der Waals surface area contributed by atoms with E-state index in [9.17, 15) is 14.7 Å². The molecule has 0 fully saturated rings. The number of rotatable bonds is 13. The van der Waals surface area contributed by atoms with Crippen LogP contribution in [0.3, 0.4) is 0 Å². The van der Waals surface area contributed by atoms with E-state index in [1.54, 1.807) is 0 Å². The molecule has 2 aromatic carbocycles. The summed E-state index contributed by atoms with van der Waals surface area (Å²) >= 11 is 0. The van der Waals surface area contributed by atoms with Crippen molar-refractivity contribution in [2.24, 2.45) is 5.73 Å². The van der Waals surface area contributed by atoms with E-state index in [0.29, 0.717) is 11.4 Å². The number of hydrogen-bond acceptors (Lipinski definition) is 4. The van der Waals surface area contributed by atoms with E-state index in [2.05, 4.69) is 23.8 Å². The molecule has 0 aliphatic heterocycles. The Morgan fingerprint density at radius 2 is 1.89 bits per heavy atom. The first-order valence-corrected chi connectivity index (χ1v) is 12.0. The molecule has 7 heteroatoms. The molecule has 1 aromatic heterocycles. The van der Waals surface area contributed by atoms with Gasteiger partial charge in [0.05, 0.1) is 17.8 Å². The van der Waals surface area contributed by atoms with Gasteiger partial charge < -0.3 is 25.9 Å². The number of carboxylic acid groups (broad SMARTS) is 1. The summed E-state index contributed by atoms with van der Waals surface area (Å²) in [5.41, 5.74) is 6.67. The molecular formula is C28H35N3O4. The van der Waals surface area contributed by atoms with Gasteiger partial charge in [-0.25, -0.2) is 4.79 Å². The zero-order valence-corrected chi connectivity index (χ0v) is 20.4. The maximum Gasteiger partial charge on any atom is 0.333 e. The maximum absolute atomic E-state index is 13.0. The second kappa shape index (κ2) is 11.7. The summed E-state index contributed by atoms with van der Waals surface area (Å²) in [5, 5.41) is 13.7. The summed E-state index contributed by atoms with van der Waals surface area (Å²) in [6, 6.07) is 16.1. The van der Waals surface area contributed by atoms with Gasteiger partial charge in [0.25, 0.3) is 0 Å². The third-order valence-corrected chi connectivity index (χ3v) is 6.18. The Hall–Kier alpha value is -3.58. The smallest absolute Gasteiger partial charge is 0.333 e. The molecule has 3 rings (SSSR count). The van der Waals surface area contributed by atoms with Crippen molar-refractivity contribution in [1.82, 2.24) is 10.3 Å². The van der Waals surface area contributed by atoms with Gasteiger partial charge in [-0.1, -0.05) is 68.3 Å². The molecule has 0 saturated heterocycles. The van der Waals surface area contributed by atoms with Crippen molar-refractivity contribution in [3.8, 4) is 5.75 Å². The number of benzene rings is 2. The number of nitrogens with two attached hydrogens (primary N) is 1. The van der Waals surface area contributed by atoms with E-state index in [1.165, 1.54) is 6.08 Å². The lowest BCUT2D eigenvalue weighted by Crippen LogP contribution is -2.58. The zero-order chi connectivity index (χ0) is 25.4. The summed E-state index contributed by atoms with van der Waals surface area (Å²) in [6.45, 7) is 7.87. The molecule has 0 aliphatic rings. The van der Waals surface area contributed by atoms with Crippen LogP contribution in [0.5, 0.6) is 5.75 Å². The molecule has 3 unspecified atom stereocenters. The highest BCUT2D eigenvalue weighted by Gasteiger charge is 2.40. The topological polar surface area (TPSA) is 117 Å². The molecule has 3 atom stereocenters. The van der Waals surface area contributed by atoms with Crippen molar-refractivity contribution in [2.75, 3.05) is 0 Å². The minimum absolute atomic E-state index is 0.0512. The SMILES string of the molecule is C=CC(Cc1[nH]c2ccccc2c1OC(C)CCCC)(NC(=O)C(N)Cc1ccccc1)C(=O)O. The van der Waals surface area contributed by atoms with Crippen LogP contribution in [0.2, 0.25) is 0 Å². The first-order valence-electron chi connectivity index (χ1n) is 12.0. The molecule has 0 aliphatic carbocycles. The highest BCUT2D eigenvalue weighted by molar-refractivity contribution is 5.93. The third kappa shape index (κ3) is 6.31. The molecule has 1 heterocycles. The largest absolute Gasteiger partial charge is 0.488 e. The van der Waals surface area contributed by atoms with Crippen LogP contribution in [0.25, 0.3) is 10.9 Å². The molecule has 186 valence electrons. The number of aliphatic carboxylic acids is 1. The highest BCUT2D eigenvalue weighted by Crippen LogP contribution is 2.34. The Morgan fingerprint density at radius 1 is 1.20 bits per heavy atom. The first kappa shape index (κ1) is 26.0. The van der Waals surface area contributed by atoms with Gasteiger partial charge in [-0.05, 0) is 37.5 Å². The van der Waals surface area contributed by atoms with Crippen molar-refractivity contribution in [3.05, 3.63) is 78.5 Å². The van der Waals surface area contributed by atoms with E-state index in [4.69, 9.17) is 10.5 Å². The maximum atomic E-state index is 13.0. The van der Waals surface area contributed by atoms with Crippen molar-refractivity contribution < 1.29 is 19.4 Å². The normalized spacial score (nSPS) is 14.6. The average Bonchev–Trinajstić information content (AvgIpc) is 3.19. The number of hydrogen-bond donors (Lipinski definition) is 4. The van der Waals surface area contributed by atoms with Crippen LogP contribution in [0.15, 0.2) is 67.3 Å². The highest BCUT2D eigenvalue weighted by atomic mass is 16.5. The summed E-state index contributed by atoms with van der Waals surface area (Å²) in [7, 11) is 0. The van der Waals surface area contributed by atoms with E-state index in [1.807, 2.05) is 61.5 Å². The van der Waals surface area contributed by atoms with Crippen molar-refractivity contribution in [3.63, 3.8) is 0 Å². The molecule has 0 spiro atoms. The zero-order valence-electron chi connectivity index (χ0n) is 20.4. The standard InChI is InChI=1S/C28H35N3O4/c1-4-6-12-19(3)35-25-21-15-10-11-16-23(21)30-24(25)18-28(5-2,27(33)34)31-26(32)22(29)17-20-13-8-7-9-14-20/h5,7-11,13-16,19,22,30H,2,4,6,12,17-18,29H2,1,3H3,(H,31,32)(H,33,34). The fourth-order valence-electron chi connectivity index (χ4n) is 4.12. The molecule has 5 N–H and O–H groups in total. The number of amides is 1. The molecule has 0 radical (unpaired) electrons. The van der Waals surface area contributed by atoms with Crippen LogP contribution >= 0.6 is 0 Å². The summed E-state index contributed by atoms with van der Waals surface area (Å²) in [5.74, 6) is -1.19. The van der Waals surface area contributed by atoms with Gasteiger partial charge in [0.1, 0.15) is 5.75 Å². The Morgan fingerprint density at radius 3 is 2.54 bits per heavy atom. The van der Waals surface area contributed by atoms with Gasteiger partial charge in [-0.3, -0.25) is 4.79 Å². The van der Waals surface area contributed by atoms with E-state index >= 15 is 0 Å². The van der Waals surface area contributed by atoms with E-state index in [0.717, 1.165) is 35.7 Å². The van der Waals surface area contributed by atoms with Crippen molar-refractivity contribution in [1.29, 1.82) is 0 Å². The van der Waals surface area contributed by atoms with Crippen LogP contribution in [0.4, 0.5) is 0 Å². The summed E-state index contributed by atoms with van der Waals surface area (Å²) < 4.78 is 6.31. The number of para-hydroxylation sites is 1. The number of H-pyrrole nitrogens is 1. The third-order valence-electron chi connectivity index (χ3n) is 6.18. The molecule has 35 heavy (non-hydrogen) atoms. The molecule has 1 amide bonds. The summed E-state index contributed by atoms with van der Waals surface area (Å²) in [6.07, 6.45) is 4.38. The van der Waals surface area contributed by atoms with Crippen LogP contribution in [-0.2, 0) is 22.4 Å². The lowest BCUT2D eigenvalue weighted by Gasteiger charge is -2.29. The van der Waals surface area contributed by atoms with Crippen molar-refractivity contribution in [2.45, 2.75) is 63.6 Å². The number of ether oxygens (including phenoxy) is 1. The lowest BCUT2D eigenvalue weighted by atomic mass is 9.92. The Balaban J connectivity index is 1.89. The molecule has 3 aromatic rings. The number of aromatic nitrogens is 1. The number of carbonyl (C=O) groups excluding carboxylic acids is 1. The quantitative estimate of drug-likeness (QED) is 0.273. The second-order valence-corrected chi connectivity index (χ2v) is 8.99. The van der Waals surface area contributed by atoms with Gasteiger partial charge in [-0.15, -0.1) is 6.58 Å². The van der Waals surface area contributed by atoms with Gasteiger partial charge in [0.2, 0.25) is 5.91 Å². The van der Waals surface area contributed by atoms with Gasteiger partial charge in [0, 0.05) is 17.3 Å². The first-order chi connectivity index (χ1) is 16.8. The Bertz CT molecular complexity index is 1160. The van der Waals surface area contributed by atoms with Gasteiger partial charge in [-0.2, -0.15) is 0 Å². The number of carbonyl (C=O) groups is 2. The van der Waals surface area contributed by atoms with E-state index < -0.39 is 23.5 Å². The van der Waals surface area contributed by atoms with E-state index in [-0.39, 0.29) is 18.9 Å².